The fraction of sp³-hybridized carbons (Fsp3) is 0.280. The number of hydrogen-bond acceptors (Lipinski definition) is 6. The first-order chi connectivity index (χ1) is 16.0. The Labute approximate surface area is 201 Å². The van der Waals surface area contributed by atoms with Crippen molar-refractivity contribution in [2.75, 3.05) is 0 Å². The zero-order valence-electron chi connectivity index (χ0n) is 18.2. The van der Waals surface area contributed by atoms with Crippen LogP contribution in [0.4, 0.5) is 0 Å². The molecule has 5 rings (SSSR count). The summed E-state index contributed by atoms with van der Waals surface area (Å²) < 4.78 is 8.06. The number of aromatic nitrogens is 2. The van der Waals surface area contributed by atoms with Gasteiger partial charge < -0.3 is 4.74 Å². The maximum absolute atomic E-state index is 13.4. The molecule has 1 aliphatic carbocycles. The lowest BCUT2D eigenvalue weighted by molar-refractivity contribution is -0.124. The number of hydrogen-bond donors (Lipinski definition) is 0. The van der Waals surface area contributed by atoms with Gasteiger partial charge in [-0.25, -0.2) is 0 Å². The number of rotatable bonds is 4. The molecule has 1 amide bonds. The Kier molecular flexibility index (Phi) is 6.03. The fourth-order valence-electron chi connectivity index (χ4n) is 4.34. The third kappa shape index (κ3) is 4.32. The molecule has 2 fully saturated rings. The molecule has 8 heteroatoms. The monoisotopic (exact) mass is 477 g/mol. The number of thiocarbonyl (C=S) groups is 1. The van der Waals surface area contributed by atoms with Crippen molar-refractivity contribution in [2.45, 2.75) is 45.1 Å². The maximum atomic E-state index is 13.4. The topological polar surface area (TPSA) is 63.9 Å². The molecule has 3 heterocycles. The highest BCUT2D eigenvalue weighted by molar-refractivity contribution is 8.26. The van der Waals surface area contributed by atoms with Crippen LogP contribution in [0.15, 0.2) is 58.4 Å². The van der Waals surface area contributed by atoms with Crippen molar-refractivity contribution in [3.8, 4) is 11.6 Å². The number of benzene rings is 1. The molecule has 2 aliphatic rings. The number of aryl methyl sites for hydroxylation is 1. The van der Waals surface area contributed by atoms with E-state index in [2.05, 4.69) is 4.98 Å². The smallest absolute Gasteiger partial charge is 0.269 e. The van der Waals surface area contributed by atoms with E-state index in [0.717, 1.165) is 31.2 Å². The SMILES string of the molecule is Cc1cccc(Oc2nc3ccccn3c(=O)c2/C=C2/SC(=S)N(C3CCCCC3)C2=O)c1. The van der Waals surface area contributed by atoms with Gasteiger partial charge >= 0.3 is 0 Å². The van der Waals surface area contributed by atoms with Crippen LogP contribution in [0.25, 0.3) is 11.7 Å². The minimum atomic E-state index is -0.300. The Morgan fingerprint density at radius 1 is 1.12 bits per heavy atom. The van der Waals surface area contributed by atoms with Crippen LogP contribution in [0.3, 0.4) is 0 Å². The first kappa shape index (κ1) is 21.9. The summed E-state index contributed by atoms with van der Waals surface area (Å²) in [6.07, 6.45) is 8.56. The van der Waals surface area contributed by atoms with Gasteiger partial charge in [-0.05, 0) is 55.7 Å². The summed E-state index contributed by atoms with van der Waals surface area (Å²) in [6.45, 7) is 1.97. The quantitative estimate of drug-likeness (QED) is 0.374. The fourth-order valence-corrected chi connectivity index (χ4v) is 5.72. The molecule has 0 bridgehead atoms. The van der Waals surface area contributed by atoms with Gasteiger partial charge in [0.25, 0.3) is 11.5 Å². The molecular weight excluding hydrogens is 454 g/mol. The first-order valence-corrected chi connectivity index (χ1v) is 12.3. The van der Waals surface area contributed by atoms with Crippen molar-refractivity contribution in [1.82, 2.24) is 14.3 Å². The van der Waals surface area contributed by atoms with Gasteiger partial charge in [-0.1, -0.05) is 61.4 Å². The second-order valence-corrected chi connectivity index (χ2v) is 10.0. The van der Waals surface area contributed by atoms with E-state index in [1.165, 1.54) is 22.6 Å². The van der Waals surface area contributed by atoms with E-state index in [1.54, 1.807) is 29.3 Å². The molecule has 168 valence electrons. The average Bonchev–Trinajstić information content (AvgIpc) is 3.09. The Morgan fingerprint density at radius 2 is 1.94 bits per heavy atom. The molecule has 3 aromatic rings. The Hall–Kier alpha value is -2.97. The summed E-state index contributed by atoms with van der Waals surface area (Å²) in [6, 6.07) is 13.0. The summed E-state index contributed by atoms with van der Waals surface area (Å²) in [5.41, 5.74) is 1.42. The van der Waals surface area contributed by atoms with Gasteiger partial charge in [0.1, 0.15) is 21.3 Å². The van der Waals surface area contributed by atoms with Gasteiger partial charge in [0.15, 0.2) is 0 Å². The van der Waals surface area contributed by atoms with Crippen molar-refractivity contribution in [3.63, 3.8) is 0 Å². The Balaban J connectivity index is 1.58. The highest BCUT2D eigenvalue weighted by Crippen LogP contribution is 2.38. The molecule has 33 heavy (non-hydrogen) atoms. The summed E-state index contributed by atoms with van der Waals surface area (Å²) in [4.78, 5) is 33.4. The number of amides is 1. The van der Waals surface area contributed by atoms with Gasteiger partial charge in [0.05, 0.1) is 4.91 Å². The molecule has 0 radical (unpaired) electrons. The van der Waals surface area contributed by atoms with E-state index in [9.17, 15) is 9.59 Å². The van der Waals surface area contributed by atoms with Crippen LogP contribution < -0.4 is 10.3 Å². The van der Waals surface area contributed by atoms with Crippen LogP contribution in [0, 0.1) is 6.92 Å². The largest absolute Gasteiger partial charge is 0.438 e. The summed E-state index contributed by atoms with van der Waals surface area (Å²) >= 11 is 6.79. The normalized spacial score (nSPS) is 18.5. The van der Waals surface area contributed by atoms with Gasteiger partial charge in [0, 0.05) is 12.2 Å². The molecule has 0 unspecified atom stereocenters. The standard InChI is InChI=1S/C25H23N3O3S2/c1-16-8-7-11-18(14-16)31-22-19(23(29)27-13-6-5-12-21(27)26-22)15-20-24(30)28(25(32)33-20)17-9-3-2-4-10-17/h5-8,11-15,17H,2-4,9-10H2,1H3/b20-15+. The number of carbonyl (C=O) groups is 1. The first-order valence-electron chi connectivity index (χ1n) is 11.0. The van der Waals surface area contributed by atoms with Crippen molar-refractivity contribution < 1.29 is 9.53 Å². The highest BCUT2D eigenvalue weighted by atomic mass is 32.2. The molecule has 1 aliphatic heterocycles. The lowest BCUT2D eigenvalue weighted by Gasteiger charge is -2.29. The van der Waals surface area contributed by atoms with Crippen molar-refractivity contribution in [2.24, 2.45) is 0 Å². The maximum Gasteiger partial charge on any atom is 0.269 e. The Bertz CT molecular complexity index is 1340. The molecule has 1 aromatic carbocycles. The molecule has 0 spiro atoms. The molecule has 1 saturated heterocycles. The minimum Gasteiger partial charge on any atom is -0.438 e. The highest BCUT2D eigenvalue weighted by Gasteiger charge is 2.37. The second kappa shape index (κ2) is 9.11. The van der Waals surface area contributed by atoms with E-state index in [0.29, 0.717) is 20.6 Å². The predicted octanol–water partition coefficient (Wildman–Crippen LogP) is 5.33. The minimum absolute atomic E-state index is 0.135. The van der Waals surface area contributed by atoms with Crippen LogP contribution >= 0.6 is 24.0 Å². The lowest BCUT2D eigenvalue weighted by Crippen LogP contribution is -2.39. The third-order valence-corrected chi connectivity index (χ3v) is 7.31. The summed E-state index contributed by atoms with van der Waals surface area (Å²) in [5, 5.41) is 0. The average molecular weight is 478 g/mol. The van der Waals surface area contributed by atoms with Crippen molar-refractivity contribution in [3.05, 3.63) is 75.0 Å². The number of ether oxygens (including phenoxy) is 1. The van der Waals surface area contributed by atoms with Crippen LogP contribution in [0.5, 0.6) is 11.6 Å². The number of pyridine rings is 1. The number of carbonyl (C=O) groups excluding carboxylic acids is 1. The molecule has 2 aromatic heterocycles. The number of fused-ring (bicyclic) bond motifs is 1. The lowest BCUT2D eigenvalue weighted by atomic mass is 9.94. The van der Waals surface area contributed by atoms with Gasteiger partial charge in [-0.15, -0.1) is 0 Å². The van der Waals surface area contributed by atoms with Gasteiger partial charge in [-0.3, -0.25) is 18.9 Å². The second-order valence-electron chi connectivity index (χ2n) is 8.33. The summed E-state index contributed by atoms with van der Waals surface area (Å²) in [5.74, 6) is 0.599. The van der Waals surface area contributed by atoms with E-state index >= 15 is 0 Å². The molecule has 0 atom stereocenters. The van der Waals surface area contributed by atoms with E-state index in [4.69, 9.17) is 17.0 Å². The third-order valence-electron chi connectivity index (χ3n) is 5.98. The molecule has 6 nitrogen and oxygen atoms in total. The van der Waals surface area contributed by atoms with Crippen molar-refractivity contribution in [1.29, 1.82) is 0 Å². The van der Waals surface area contributed by atoms with Crippen molar-refractivity contribution >= 4 is 45.9 Å². The Morgan fingerprint density at radius 3 is 2.73 bits per heavy atom. The molecule has 1 saturated carbocycles. The zero-order chi connectivity index (χ0) is 22.9. The van der Waals surface area contributed by atoms with Crippen LogP contribution in [-0.4, -0.2) is 30.6 Å². The van der Waals surface area contributed by atoms with E-state index in [-0.39, 0.29) is 29.0 Å². The number of nitrogens with zero attached hydrogens (tertiary/aromatic N) is 3. The number of thioether (sulfide) groups is 1. The van der Waals surface area contributed by atoms with Crippen LogP contribution in [0.2, 0.25) is 0 Å². The van der Waals surface area contributed by atoms with Gasteiger partial charge in [0.2, 0.25) is 5.88 Å². The van der Waals surface area contributed by atoms with E-state index in [1.807, 2.05) is 37.3 Å². The zero-order valence-corrected chi connectivity index (χ0v) is 19.8. The van der Waals surface area contributed by atoms with Crippen LogP contribution in [0.1, 0.15) is 43.2 Å². The van der Waals surface area contributed by atoms with Crippen LogP contribution in [-0.2, 0) is 4.79 Å². The molecular formula is C25H23N3O3S2. The van der Waals surface area contributed by atoms with Gasteiger partial charge in [-0.2, -0.15) is 4.98 Å². The predicted molar refractivity (Wildman–Crippen MR) is 135 cm³/mol. The molecule has 0 N–H and O–H groups in total. The van der Waals surface area contributed by atoms with E-state index < -0.39 is 0 Å². The summed E-state index contributed by atoms with van der Waals surface area (Å²) in [7, 11) is 0.